The molecule has 106 valence electrons. The molecule has 2 aliphatic rings. The molecule has 1 N–H and O–H groups in total. The second-order valence-corrected chi connectivity index (χ2v) is 8.14. The second kappa shape index (κ2) is 5.72. The van der Waals surface area contributed by atoms with Crippen LogP contribution in [-0.2, 0) is 0 Å². The second-order valence-electron chi connectivity index (χ2n) is 6.86. The van der Waals surface area contributed by atoms with E-state index in [1.54, 1.807) is 0 Å². The highest BCUT2D eigenvalue weighted by Gasteiger charge is 2.46. The smallest absolute Gasteiger partial charge is 0.0309 e. The highest BCUT2D eigenvalue weighted by atomic mass is 32.2. The number of nitrogens with one attached hydrogen (secondary N) is 1. The van der Waals surface area contributed by atoms with Gasteiger partial charge in [-0.05, 0) is 37.9 Å². The average Bonchev–Trinajstić information content (AvgIpc) is 3.12. The van der Waals surface area contributed by atoms with Crippen molar-refractivity contribution in [3.8, 4) is 0 Å². The zero-order valence-corrected chi connectivity index (χ0v) is 13.5. The number of thioether (sulfide) groups is 1. The van der Waals surface area contributed by atoms with E-state index in [0.29, 0.717) is 11.6 Å². The Hall–Kier alpha value is 0.270. The minimum atomic E-state index is 0.378. The van der Waals surface area contributed by atoms with Crippen molar-refractivity contribution in [2.45, 2.75) is 57.4 Å². The van der Waals surface area contributed by atoms with Gasteiger partial charge in [-0.1, -0.05) is 20.8 Å². The van der Waals surface area contributed by atoms with Gasteiger partial charge >= 0.3 is 0 Å². The molecule has 1 aliphatic heterocycles. The lowest BCUT2D eigenvalue weighted by molar-refractivity contribution is 0.0537. The van der Waals surface area contributed by atoms with Gasteiger partial charge in [0.15, 0.2) is 0 Å². The summed E-state index contributed by atoms with van der Waals surface area (Å²) in [5.74, 6) is 1.67. The fourth-order valence-corrected chi connectivity index (χ4v) is 3.66. The quantitative estimate of drug-likeness (QED) is 0.827. The van der Waals surface area contributed by atoms with E-state index < -0.39 is 0 Å². The van der Waals surface area contributed by atoms with Crippen LogP contribution in [0.2, 0.25) is 0 Å². The van der Waals surface area contributed by atoms with Crippen LogP contribution in [0.4, 0.5) is 0 Å². The van der Waals surface area contributed by atoms with Gasteiger partial charge in [0.1, 0.15) is 0 Å². The average molecular weight is 270 g/mol. The summed E-state index contributed by atoms with van der Waals surface area (Å²) in [6.07, 6.45) is 5.10. The molecule has 3 heteroatoms. The first-order chi connectivity index (χ1) is 8.46. The van der Waals surface area contributed by atoms with E-state index in [1.807, 2.05) is 11.8 Å². The zero-order chi connectivity index (χ0) is 13.3. The Balaban J connectivity index is 2.02. The lowest BCUT2D eigenvalue weighted by Crippen LogP contribution is -2.65. The molecule has 3 unspecified atom stereocenters. The molecule has 0 aromatic carbocycles. The molecule has 0 aromatic rings. The third kappa shape index (κ3) is 3.23. The molecular weight excluding hydrogens is 240 g/mol. The summed E-state index contributed by atoms with van der Waals surface area (Å²) in [6.45, 7) is 13.2. The maximum Gasteiger partial charge on any atom is 0.0309 e. The van der Waals surface area contributed by atoms with Crippen molar-refractivity contribution in [1.82, 2.24) is 10.2 Å². The molecule has 3 atom stereocenters. The van der Waals surface area contributed by atoms with Crippen molar-refractivity contribution >= 4 is 11.8 Å². The van der Waals surface area contributed by atoms with E-state index >= 15 is 0 Å². The number of hydrogen-bond donors (Lipinski definition) is 1. The Labute approximate surface area is 117 Å². The van der Waals surface area contributed by atoms with E-state index in [9.17, 15) is 0 Å². The number of rotatable bonds is 5. The van der Waals surface area contributed by atoms with Gasteiger partial charge < -0.3 is 5.32 Å². The Morgan fingerprint density at radius 2 is 2.00 bits per heavy atom. The maximum atomic E-state index is 3.86. The molecule has 0 aromatic heterocycles. The van der Waals surface area contributed by atoms with Crippen molar-refractivity contribution in [3.63, 3.8) is 0 Å². The summed E-state index contributed by atoms with van der Waals surface area (Å²) in [6, 6.07) is 0.714. The van der Waals surface area contributed by atoms with Crippen LogP contribution in [0.5, 0.6) is 0 Å². The molecule has 18 heavy (non-hydrogen) atoms. The van der Waals surface area contributed by atoms with Crippen LogP contribution in [0, 0.1) is 11.8 Å². The fraction of sp³-hybridized carbons (Fsp3) is 1.00. The van der Waals surface area contributed by atoms with Gasteiger partial charge in [0.05, 0.1) is 0 Å². The van der Waals surface area contributed by atoms with Gasteiger partial charge in [0, 0.05) is 36.5 Å². The van der Waals surface area contributed by atoms with Crippen LogP contribution in [0.25, 0.3) is 0 Å². The van der Waals surface area contributed by atoms with Crippen LogP contribution >= 0.6 is 11.8 Å². The molecule has 0 bridgehead atoms. The normalized spacial score (nSPS) is 36.0. The van der Waals surface area contributed by atoms with Gasteiger partial charge in [-0.25, -0.2) is 0 Å². The van der Waals surface area contributed by atoms with Crippen LogP contribution in [0.1, 0.15) is 40.5 Å². The summed E-state index contributed by atoms with van der Waals surface area (Å²) in [5.41, 5.74) is 0.378. The van der Waals surface area contributed by atoms with Crippen LogP contribution in [0.3, 0.4) is 0 Å². The summed E-state index contributed by atoms with van der Waals surface area (Å²) in [7, 11) is 0. The molecule has 2 fully saturated rings. The first-order valence-electron chi connectivity index (χ1n) is 7.48. The van der Waals surface area contributed by atoms with E-state index in [2.05, 4.69) is 44.2 Å². The Bertz CT molecular complexity index is 278. The van der Waals surface area contributed by atoms with Crippen molar-refractivity contribution in [2.24, 2.45) is 11.8 Å². The maximum absolute atomic E-state index is 3.86. The van der Waals surface area contributed by atoms with Gasteiger partial charge in [0.2, 0.25) is 0 Å². The van der Waals surface area contributed by atoms with Gasteiger partial charge in [0.25, 0.3) is 0 Å². The summed E-state index contributed by atoms with van der Waals surface area (Å²) in [5, 5.41) is 4.60. The Morgan fingerprint density at radius 1 is 1.33 bits per heavy atom. The Kier molecular flexibility index (Phi) is 4.66. The van der Waals surface area contributed by atoms with E-state index in [4.69, 9.17) is 0 Å². The topological polar surface area (TPSA) is 15.3 Å². The largest absolute Gasteiger partial charge is 0.308 e. The number of nitrogens with zero attached hydrogens (tertiary/aromatic N) is 1. The van der Waals surface area contributed by atoms with Gasteiger partial charge in [-0.2, -0.15) is 11.8 Å². The first kappa shape index (κ1) is 14.7. The molecule has 0 spiro atoms. The lowest BCUT2D eigenvalue weighted by atomic mass is 9.88. The van der Waals surface area contributed by atoms with E-state index in [-0.39, 0.29) is 0 Å². The van der Waals surface area contributed by atoms with Crippen LogP contribution < -0.4 is 5.32 Å². The van der Waals surface area contributed by atoms with Crippen molar-refractivity contribution in [1.29, 1.82) is 0 Å². The molecule has 1 heterocycles. The summed E-state index contributed by atoms with van der Waals surface area (Å²) >= 11 is 1.99. The first-order valence-corrected chi connectivity index (χ1v) is 8.77. The molecule has 0 amide bonds. The zero-order valence-electron chi connectivity index (χ0n) is 12.7. The monoisotopic (exact) mass is 270 g/mol. The van der Waals surface area contributed by atoms with Gasteiger partial charge in [-0.3, -0.25) is 4.90 Å². The molecule has 0 radical (unpaired) electrons. The minimum Gasteiger partial charge on any atom is -0.308 e. The van der Waals surface area contributed by atoms with Crippen molar-refractivity contribution < 1.29 is 0 Å². The predicted octanol–water partition coefficient (Wildman–Crippen LogP) is 2.84. The highest BCUT2D eigenvalue weighted by Crippen LogP contribution is 2.41. The SMILES string of the molecule is CSC(C)CN1CC(C)(C2CC2)NCC1C(C)C. The van der Waals surface area contributed by atoms with E-state index in [0.717, 1.165) is 17.1 Å². The molecular formula is C15H30N2S. The van der Waals surface area contributed by atoms with Crippen LogP contribution in [-0.4, -0.2) is 47.6 Å². The summed E-state index contributed by atoms with van der Waals surface area (Å²) in [4.78, 5) is 2.76. The highest BCUT2D eigenvalue weighted by molar-refractivity contribution is 7.99. The molecule has 1 saturated heterocycles. The fourth-order valence-electron chi connectivity index (χ4n) is 3.32. The minimum absolute atomic E-state index is 0.378. The van der Waals surface area contributed by atoms with Crippen molar-refractivity contribution in [2.75, 3.05) is 25.9 Å². The molecule has 2 rings (SSSR count). The van der Waals surface area contributed by atoms with Crippen molar-refractivity contribution in [3.05, 3.63) is 0 Å². The molecule has 1 saturated carbocycles. The molecule has 1 aliphatic carbocycles. The van der Waals surface area contributed by atoms with Gasteiger partial charge in [-0.15, -0.1) is 0 Å². The van der Waals surface area contributed by atoms with E-state index in [1.165, 1.54) is 32.5 Å². The third-order valence-corrected chi connectivity index (χ3v) is 5.81. The lowest BCUT2D eigenvalue weighted by Gasteiger charge is -2.48. The standard InChI is InChI=1S/C15H30N2S/c1-11(2)14-8-16-15(4,13-6-7-13)10-17(14)9-12(3)18-5/h11-14,16H,6-10H2,1-5H3. The van der Waals surface area contributed by atoms with Crippen LogP contribution in [0.15, 0.2) is 0 Å². The Morgan fingerprint density at radius 3 is 2.50 bits per heavy atom. The number of hydrogen-bond acceptors (Lipinski definition) is 3. The summed E-state index contributed by atoms with van der Waals surface area (Å²) < 4.78 is 0. The predicted molar refractivity (Wildman–Crippen MR) is 82.3 cm³/mol. The third-order valence-electron chi connectivity index (χ3n) is 4.86. The number of piperazine rings is 1. The molecule has 2 nitrogen and oxygen atoms in total.